The first-order chi connectivity index (χ1) is 8.08. The highest BCUT2D eigenvalue weighted by atomic mass is 79.9. The summed E-state index contributed by atoms with van der Waals surface area (Å²) in [6.45, 7) is 0. The summed E-state index contributed by atoms with van der Waals surface area (Å²) in [5.41, 5.74) is 6.81. The summed E-state index contributed by atoms with van der Waals surface area (Å²) < 4.78 is 14.4. The SMILES string of the molecule is NC(Cc1sccc1Br)c1ccc(Cl)c(F)c1. The van der Waals surface area contributed by atoms with Crippen LogP contribution in [-0.4, -0.2) is 0 Å². The van der Waals surface area contributed by atoms with Gasteiger partial charge in [0, 0.05) is 21.8 Å². The van der Waals surface area contributed by atoms with Crippen molar-refractivity contribution in [2.45, 2.75) is 12.5 Å². The lowest BCUT2D eigenvalue weighted by Crippen LogP contribution is -2.13. The van der Waals surface area contributed by atoms with Crippen LogP contribution in [0.2, 0.25) is 5.02 Å². The fraction of sp³-hybridized carbons (Fsp3) is 0.167. The van der Waals surface area contributed by atoms with E-state index in [-0.39, 0.29) is 11.1 Å². The van der Waals surface area contributed by atoms with Crippen molar-refractivity contribution in [3.8, 4) is 0 Å². The van der Waals surface area contributed by atoms with Crippen LogP contribution in [0, 0.1) is 5.82 Å². The molecule has 0 bridgehead atoms. The molecule has 0 aliphatic heterocycles. The molecule has 1 nitrogen and oxygen atoms in total. The Morgan fingerprint density at radius 1 is 1.41 bits per heavy atom. The molecule has 0 aliphatic rings. The summed E-state index contributed by atoms with van der Waals surface area (Å²) in [6.07, 6.45) is 0.680. The molecule has 2 aromatic rings. The van der Waals surface area contributed by atoms with Gasteiger partial charge in [-0.2, -0.15) is 0 Å². The van der Waals surface area contributed by atoms with Gasteiger partial charge in [-0.3, -0.25) is 0 Å². The molecule has 2 N–H and O–H groups in total. The molecule has 0 spiro atoms. The van der Waals surface area contributed by atoms with Gasteiger partial charge in [0.25, 0.3) is 0 Å². The maximum Gasteiger partial charge on any atom is 0.142 e. The Balaban J connectivity index is 2.17. The highest BCUT2D eigenvalue weighted by molar-refractivity contribution is 9.10. The molecule has 0 fully saturated rings. The van der Waals surface area contributed by atoms with E-state index in [2.05, 4.69) is 15.9 Å². The highest BCUT2D eigenvalue weighted by Crippen LogP contribution is 2.28. The largest absolute Gasteiger partial charge is 0.324 e. The molecular weight excluding hydrogens is 325 g/mol. The topological polar surface area (TPSA) is 26.0 Å². The lowest BCUT2D eigenvalue weighted by Gasteiger charge is -2.11. The number of hydrogen-bond donors (Lipinski definition) is 1. The maximum atomic E-state index is 13.3. The number of hydrogen-bond acceptors (Lipinski definition) is 2. The van der Waals surface area contributed by atoms with Crippen molar-refractivity contribution < 1.29 is 4.39 Å². The summed E-state index contributed by atoms with van der Waals surface area (Å²) in [7, 11) is 0. The predicted octanol–water partition coefficient (Wildman–Crippen LogP) is 4.55. The van der Waals surface area contributed by atoms with Crippen LogP contribution in [0.3, 0.4) is 0 Å². The average molecular weight is 335 g/mol. The first kappa shape index (κ1) is 13.0. The monoisotopic (exact) mass is 333 g/mol. The van der Waals surface area contributed by atoms with E-state index < -0.39 is 5.82 Å². The highest BCUT2D eigenvalue weighted by Gasteiger charge is 2.12. The van der Waals surface area contributed by atoms with E-state index in [1.54, 1.807) is 17.4 Å². The Hall–Kier alpha value is -0.420. The van der Waals surface area contributed by atoms with E-state index in [1.165, 1.54) is 12.1 Å². The van der Waals surface area contributed by atoms with Crippen molar-refractivity contribution in [2.75, 3.05) is 0 Å². The fourth-order valence-electron chi connectivity index (χ4n) is 1.53. The van der Waals surface area contributed by atoms with Crippen molar-refractivity contribution in [1.82, 2.24) is 0 Å². The van der Waals surface area contributed by atoms with Crippen molar-refractivity contribution in [1.29, 1.82) is 0 Å². The third-order valence-corrected chi connectivity index (χ3v) is 4.72. The van der Waals surface area contributed by atoms with Crippen LogP contribution in [0.25, 0.3) is 0 Å². The lowest BCUT2D eigenvalue weighted by molar-refractivity contribution is 0.619. The van der Waals surface area contributed by atoms with Crippen molar-refractivity contribution >= 4 is 38.9 Å². The Labute approximate surface area is 117 Å². The molecule has 1 aromatic carbocycles. The quantitative estimate of drug-likeness (QED) is 0.876. The third kappa shape index (κ3) is 3.07. The first-order valence-electron chi connectivity index (χ1n) is 5.00. The number of rotatable bonds is 3. The first-order valence-corrected chi connectivity index (χ1v) is 7.05. The van der Waals surface area contributed by atoms with Gasteiger partial charge in [-0.05, 0) is 45.1 Å². The summed E-state index contributed by atoms with van der Waals surface area (Å²) >= 11 is 10.7. The maximum absolute atomic E-state index is 13.3. The smallest absolute Gasteiger partial charge is 0.142 e. The Bertz CT molecular complexity index is 529. The number of thiophene rings is 1. The lowest BCUT2D eigenvalue weighted by atomic mass is 10.0. The standard InChI is InChI=1S/C12H10BrClFNS/c13-8-3-4-17-12(8)6-11(16)7-1-2-9(14)10(15)5-7/h1-5,11H,6,16H2. The predicted molar refractivity (Wildman–Crippen MR) is 74.1 cm³/mol. The molecule has 0 aliphatic carbocycles. The molecule has 0 saturated heterocycles. The van der Waals surface area contributed by atoms with Gasteiger partial charge < -0.3 is 5.73 Å². The van der Waals surface area contributed by atoms with Gasteiger partial charge in [-0.1, -0.05) is 17.7 Å². The van der Waals surface area contributed by atoms with E-state index in [1.807, 2.05) is 11.4 Å². The van der Waals surface area contributed by atoms with Gasteiger partial charge in [0.15, 0.2) is 0 Å². The van der Waals surface area contributed by atoms with Gasteiger partial charge in [0.05, 0.1) is 5.02 Å². The van der Waals surface area contributed by atoms with Crippen LogP contribution in [0.4, 0.5) is 4.39 Å². The van der Waals surface area contributed by atoms with Crippen LogP contribution < -0.4 is 5.73 Å². The van der Waals surface area contributed by atoms with Gasteiger partial charge in [0.1, 0.15) is 5.82 Å². The minimum Gasteiger partial charge on any atom is -0.324 e. The zero-order valence-electron chi connectivity index (χ0n) is 8.79. The van der Waals surface area contributed by atoms with Crippen molar-refractivity contribution in [2.24, 2.45) is 5.73 Å². The van der Waals surface area contributed by atoms with Gasteiger partial charge in [-0.15, -0.1) is 11.3 Å². The second-order valence-electron chi connectivity index (χ2n) is 3.68. The van der Waals surface area contributed by atoms with E-state index in [0.29, 0.717) is 6.42 Å². The summed E-state index contributed by atoms with van der Waals surface area (Å²) in [5, 5.41) is 2.12. The van der Waals surface area contributed by atoms with Crippen LogP contribution in [0.1, 0.15) is 16.5 Å². The van der Waals surface area contributed by atoms with Crippen LogP contribution in [-0.2, 0) is 6.42 Å². The van der Waals surface area contributed by atoms with Crippen molar-refractivity contribution in [3.63, 3.8) is 0 Å². The summed E-state index contributed by atoms with van der Waals surface area (Å²) in [6, 6.07) is 6.45. The Morgan fingerprint density at radius 3 is 2.76 bits per heavy atom. The normalized spacial score (nSPS) is 12.7. The van der Waals surface area contributed by atoms with Crippen LogP contribution in [0.5, 0.6) is 0 Å². The summed E-state index contributed by atoms with van der Waals surface area (Å²) in [4.78, 5) is 1.16. The number of halogens is 3. The molecule has 2 rings (SSSR count). The fourth-order valence-corrected chi connectivity index (χ4v) is 3.22. The summed E-state index contributed by atoms with van der Waals surface area (Å²) in [5.74, 6) is -0.426. The van der Waals surface area contributed by atoms with Gasteiger partial charge in [-0.25, -0.2) is 4.39 Å². The molecule has 1 heterocycles. The van der Waals surface area contributed by atoms with E-state index in [0.717, 1.165) is 14.9 Å². The number of nitrogens with two attached hydrogens (primary N) is 1. The average Bonchev–Trinajstić information content (AvgIpc) is 2.68. The molecule has 0 amide bonds. The van der Waals surface area contributed by atoms with Gasteiger partial charge >= 0.3 is 0 Å². The molecule has 5 heteroatoms. The zero-order valence-corrected chi connectivity index (χ0v) is 11.9. The number of benzene rings is 1. The molecule has 90 valence electrons. The molecule has 0 saturated carbocycles. The van der Waals surface area contributed by atoms with E-state index >= 15 is 0 Å². The molecule has 17 heavy (non-hydrogen) atoms. The Kier molecular flexibility index (Phi) is 4.20. The second-order valence-corrected chi connectivity index (χ2v) is 5.94. The molecular formula is C12H10BrClFNS. The molecule has 1 aromatic heterocycles. The molecule has 0 radical (unpaired) electrons. The van der Waals surface area contributed by atoms with Crippen LogP contribution in [0.15, 0.2) is 34.1 Å². The minimum atomic E-state index is -0.426. The third-order valence-electron chi connectivity index (χ3n) is 2.47. The minimum absolute atomic E-state index is 0.123. The van der Waals surface area contributed by atoms with Gasteiger partial charge in [0.2, 0.25) is 0 Å². The zero-order chi connectivity index (χ0) is 12.4. The van der Waals surface area contributed by atoms with Crippen molar-refractivity contribution in [3.05, 3.63) is 55.4 Å². The second kappa shape index (κ2) is 5.48. The molecule has 1 atom stereocenters. The van der Waals surface area contributed by atoms with Crippen LogP contribution >= 0.6 is 38.9 Å². The van der Waals surface area contributed by atoms with E-state index in [9.17, 15) is 4.39 Å². The molecule has 1 unspecified atom stereocenters. The van der Waals surface area contributed by atoms with E-state index in [4.69, 9.17) is 17.3 Å². The Morgan fingerprint density at radius 2 is 2.18 bits per heavy atom.